The van der Waals surface area contributed by atoms with Crippen LogP contribution in [0.25, 0.3) is 11.1 Å². The Morgan fingerprint density at radius 2 is 1.67 bits per heavy atom. The van der Waals surface area contributed by atoms with Crippen LogP contribution in [0.3, 0.4) is 0 Å². The predicted octanol–water partition coefficient (Wildman–Crippen LogP) is 4.86. The first kappa shape index (κ1) is 23.0. The summed E-state index contributed by atoms with van der Waals surface area (Å²) in [4.78, 5) is 14.5. The fourth-order valence-corrected chi connectivity index (χ4v) is 4.81. The van der Waals surface area contributed by atoms with Crippen molar-refractivity contribution in [2.24, 2.45) is 0 Å². The molecule has 0 saturated heterocycles. The van der Waals surface area contributed by atoms with Crippen LogP contribution in [0.15, 0.2) is 53.4 Å². The van der Waals surface area contributed by atoms with E-state index < -0.39 is 20.5 Å². The minimum atomic E-state index is -3.73. The molecule has 5 nitrogen and oxygen atoms in total. The molecule has 7 heteroatoms. The lowest BCUT2D eigenvalue weighted by Gasteiger charge is -2.21. The molecule has 1 amide bonds. The van der Waals surface area contributed by atoms with Crippen molar-refractivity contribution in [3.8, 4) is 16.9 Å². The lowest BCUT2D eigenvalue weighted by atomic mass is 9.98. The monoisotopic (exact) mass is 467 g/mol. The van der Waals surface area contributed by atoms with E-state index in [1.54, 1.807) is 4.90 Å². The zero-order valence-corrected chi connectivity index (χ0v) is 19.9. The number of fused-ring (bicyclic) bond motifs is 1. The Hall–Kier alpha value is -3.19. The summed E-state index contributed by atoms with van der Waals surface area (Å²) in [7, 11) is -3.73. The molecule has 0 spiro atoms. The number of rotatable bonds is 3. The Labute approximate surface area is 193 Å². The molecule has 0 unspecified atom stereocenters. The van der Waals surface area contributed by atoms with Crippen molar-refractivity contribution in [3.05, 3.63) is 82.2 Å². The van der Waals surface area contributed by atoms with Gasteiger partial charge in [0.15, 0.2) is 9.84 Å². The molecule has 0 fully saturated rings. The molecule has 0 radical (unpaired) electrons. The summed E-state index contributed by atoms with van der Waals surface area (Å²) >= 11 is 0. The maximum atomic E-state index is 14.7. The van der Waals surface area contributed by atoms with Crippen LogP contribution >= 0.6 is 0 Å². The van der Waals surface area contributed by atoms with Gasteiger partial charge in [0.25, 0.3) is 5.91 Å². The highest BCUT2D eigenvalue weighted by molar-refractivity contribution is 7.90. The van der Waals surface area contributed by atoms with Gasteiger partial charge in [0.05, 0.1) is 6.54 Å². The molecule has 172 valence electrons. The Kier molecular flexibility index (Phi) is 6.01. The second-order valence-electron chi connectivity index (χ2n) is 8.52. The normalized spacial score (nSPS) is 13.8. The molecule has 1 aliphatic rings. The standard InChI is InChI=1S/C26H26FNO4S/c1-16-5-6-19(13-17(16)2)20-7-9-23-21(14-20)15-28(11-12-32-23)26(29)22-8-10-24(33(4,30)31)25(27)18(22)3/h5-10,13-14H,11-12,15H2,1-4H3. The highest BCUT2D eigenvalue weighted by Gasteiger charge is 2.26. The molecular weight excluding hydrogens is 441 g/mol. The summed E-state index contributed by atoms with van der Waals surface area (Å²) in [6.45, 7) is 6.52. The molecule has 0 saturated carbocycles. The minimum absolute atomic E-state index is 0.0252. The first-order chi connectivity index (χ1) is 15.6. The van der Waals surface area contributed by atoms with Gasteiger partial charge in [-0.1, -0.05) is 24.3 Å². The number of carbonyl (C=O) groups excluding carboxylic acids is 1. The number of carbonyl (C=O) groups is 1. The summed E-state index contributed by atoms with van der Waals surface area (Å²) in [5.41, 5.74) is 5.56. The molecule has 0 atom stereocenters. The second kappa shape index (κ2) is 8.63. The molecule has 0 N–H and O–H groups in total. The van der Waals surface area contributed by atoms with E-state index in [0.717, 1.165) is 29.0 Å². The summed E-state index contributed by atoms with van der Waals surface area (Å²) in [5, 5.41) is 0. The number of ether oxygens (including phenoxy) is 1. The van der Waals surface area contributed by atoms with Crippen molar-refractivity contribution in [1.82, 2.24) is 4.90 Å². The summed E-state index contributed by atoms with van der Waals surface area (Å²) in [5.74, 6) is -0.528. The topological polar surface area (TPSA) is 63.7 Å². The van der Waals surface area contributed by atoms with Gasteiger partial charge < -0.3 is 9.64 Å². The van der Waals surface area contributed by atoms with Gasteiger partial charge >= 0.3 is 0 Å². The van der Waals surface area contributed by atoms with Crippen LogP contribution in [0, 0.1) is 26.6 Å². The molecule has 1 heterocycles. The van der Waals surface area contributed by atoms with E-state index in [2.05, 4.69) is 32.0 Å². The van der Waals surface area contributed by atoms with Crippen LogP contribution in [-0.2, 0) is 16.4 Å². The van der Waals surface area contributed by atoms with Crippen LogP contribution in [0.5, 0.6) is 5.75 Å². The average molecular weight is 468 g/mol. The average Bonchev–Trinajstić information content (AvgIpc) is 2.98. The van der Waals surface area contributed by atoms with Crippen molar-refractivity contribution in [2.45, 2.75) is 32.2 Å². The van der Waals surface area contributed by atoms with Crippen LogP contribution in [0.4, 0.5) is 4.39 Å². The highest BCUT2D eigenvalue weighted by Crippen LogP contribution is 2.31. The van der Waals surface area contributed by atoms with Gasteiger partial charge in [-0.05, 0) is 72.9 Å². The van der Waals surface area contributed by atoms with Gasteiger partial charge in [-0.2, -0.15) is 0 Å². The van der Waals surface area contributed by atoms with Crippen molar-refractivity contribution in [3.63, 3.8) is 0 Å². The maximum Gasteiger partial charge on any atom is 0.254 e. The lowest BCUT2D eigenvalue weighted by molar-refractivity contribution is 0.0731. The quantitative estimate of drug-likeness (QED) is 0.552. The molecule has 1 aliphatic heterocycles. The summed E-state index contributed by atoms with van der Waals surface area (Å²) in [6.07, 6.45) is 0.947. The second-order valence-corrected chi connectivity index (χ2v) is 10.5. The van der Waals surface area contributed by atoms with E-state index in [-0.39, 0.29) is 17.0 Å². The number of nitrogens with zero attached hydrogens (tertiary/aromatic N) is 1. The van der Waals surface area contributed by atoms with Gasteiger partial charge in [0, 0.05) is 23.9 Å². The van der Waals surface area contributed by atoms with Crippen LogP contribution in [-0.4, -0.2) is 38.6 Å². The number of amides is 1. The summed E-state index contributed by atoms with van der Waals surface area (Å²) in [6, 6.07) is 14.8. The van der Waals surface area contributed by atoms with Gasteiger partial charge in [-0.3, -0.25) is 4.79 Å². The van der Waals surface area contributed by atoms with Crippen molar-refractivity contribution < 1.29 is 22.3 Å². The zero-order valence-electron chi connectivity index (χ0n) is 19.1. The third-order valence-electron chi connectivity index (χ3n) is 6.15. The van der Waals surface area contributed by atoms with Gasteiger partial charge in [-0.15, -0.1) is 0 Å². The van der Waals surface area contributed by atoms with Gasteiger partial charge in [0.2, 0.25) is 0 Å². The van der Waals surface area contributed by atoms with E-state index in [1.165, 1.54) is 24.1 Å². The maximum absolute atomic E-state index is 14.7. The Balaban J connectivity index is 1.67. The smallest absolute Gasteiger partial charge is 0.254 e. The van der Waals surface area contributed by atoms with Gasteiger partial charge in [-0.25, -0.2) is 12.8 Å². The van der Waals surface area contributed by atoms with E-state index in [1.807, 2.05) is 18.2 Å². The third kappa shape index (κ3) is 4.50. The predicted molar refractivity (Wildman–Crippen MR) is 126 cm³/mol. The highest BCUT2D eigenvalue weighted by atomic mass is 32.2. The molecule has 4 rings (SSSR count). The number of benzene rings is 3. The fraction of sp³-hybridized carbons (Fsp3) is 0.269. The van der Waals surface area contributed by atoms with Crippen LogP contribution < -0.4 is 4.74 Å². The van der Waals surface area contributed by atoms with Crippen LogP contribution in [0.2, 0.25) is 0 Å². The Morgan fingerprint density at radius 3 is 2.36 bits per heavy atom. The Bertz CT molecular complexity index is 1360. The Morgan fingerprint density at radius 1 is 0.970 bits per heavy atom. The number of aryl methyl sites for hydroxylation is 2. The summed E-state index contributed by atoms with van der Waals surface area (Å²) < 4.78 is 44.2. The van der Waals surface area contributed by atoms with E-state index in [9.17, 15) is 17.6 Å². The fourth-order valence-electron chi connectivity index (χ4n) is 4.02. The first-order valence-corrected chi connectivity index (χ1v) is 12.6. The number of hydrogen-bond acceptors (Lipinski definition) is 4. The number of halogens is 1. The SMILES string of the molecule is Cc1ccc(-c2ccc3c(c2)CN(C(=O)c2ccc(S(C)(=O)=O)c(F)c2C)CCO3)cc1C. The van der Waals surface area contributed by atoms with Gasteiger partial charge in [0.1, 0.15) is 23.1 Å². The minimum Gasteiger partial charge on any atom is -0.491 e. The molecule has 3 aromatic carbocycles. The van der Waals surface area contributed by atoms with Crippen molar-refractivity contribution >= 4 is 15.7 Å². The van der Waals surface area contributed by atoms with E-state index >= 15 is 0 Å². The molecule has 33 heavy (non-hydrogen) atoms. The third-order valence-corrected chi connectivity index (χ3v) is 7.26. The molecule has 0 aromatic heterocycles. The molecule has 0 bridgehead atoms. The van der Waals surface area contributed by atoms with E-state index in [0.29, 0.717) is 25.4 Å². The first-order valence-electron chi connectivity index (χ1n) is 10.7. The van der Waals surface area contributed by atoms with E-state index in [4.69, 9.17) is 4.74 Å². The largest absolute Gasteiger partial charge is 0.491 e. The molecular formula is C26H26FNO4S. The van der Waals surface area contributed by atoms with Crippen molar-refractivity contribution in [2.75, 3.05) is 19.4 Å². The van der Waals surface area contributed by atoms with Crippen LogP contribution in [0.1, 0.15) is 32.6 Å². The molecule has 0 aliphatic carbocycles. The number of hydrogen-bond donors (Lipinski definition) is 0. The van der Waals surface area contributed by atoms with Crippen molar-refractivity contribution in [1.29, 1.82) is 0 Å². The lowest BCUT2D eigenvalue weighted by Crippen LogP contribution is -2.33. The molecule has 3 aromatic rings. The number of sulfone groups is 1. The zero-order chi connectivity index (χ0) is 23.9.